The van der Waals surface area contributed by atoms with E-state index in [1.54, 1.807) is 12.1 Å². The first-order valence-electron chi connectivity index (χ1n) is 31.1. The number of nitrogens with one attached hydrogen (secondary N) is 3. The summed E-state index contributed by atoms with van der Waals surface area (Å²) in [4.78, 5) is 71.9. The zero-order valence-corrected chi connectivity index (χ0v) is 60.4. The van der Waals surface area contributed by atoms with E-state index in [1.165, 1.54) is 16.2 Å². The van der Waals surface area contributed by atoms with Gasteiger partial charge < -0.3 is 15.3 Å². The van der Waals surface area contributed by atoms with Gasteiger partial charge in [-0.15, -0.1) is 75.7 Å². The number of carbonyl (C=O) groups is 1. The van der Waals surface area contributed by atoms with Crippen molar-refractivity contribution in [1.82, 2.24) is 70.2 Å². The summed E-state index contributed by atoms with van der Waals surface area (Å²) in [5.41, 5.74) is 9.02. The van der Waals surface area contributed by atoms with Crippen LogP contribution in [0.5, 0.6) is 0 Å². The highest BCUT2D eigenvalue weighted by atomic mass is 32.2. The van der Waals surface area contributed by atoms with Gasteiger partial charge in [0.25, 0.3) is 5.91 Å². The number of rotatable bonds is 15. The molecule has 1 amide bonds. The number of amides is 1. The lowest BCUT2D eigenvalue weighted by Gasteiger charge is -2.24. The van der Waals surface area contributed by atoms with Crippen LogP contribution < -0.4 is 5.32 Å². The average Bonchev–Trinajstić information content (AvgIpc) is 1.60. The number of H-pyrrole nitrogens is 2. The fourth-order valence-electron chi connectivity index (χ4n) is 10.5. The van der Waals surface area contributed by atoms with Crippen molar-refractivity contribution >= 4 is 132 Å². The minimum atomic E-state index is -0.208. The van der Waals surface area contributed by atoms with Gasteiger partial charge in [0.15, 0.2) is 34.6 Å². The number of aromatic amines is 2. The zero-order valence-electron chi connectivity index (χ0n) is 55.5. The molecule has 90 heavy (non-hydrogen) atoms. The topological polar surface area (TPSA) is 195 Å². The summed E-state index contributed by atoms with van der Waals surface area (Å²) in [6.45, 7) is 43.8. The summed E-state index contributed by atoms with van der Waals surface area (Å²) >= 11 is 11.0. The predicted molar refractivity (Wildman–Crippen MR) is 383 cm³/mol. The smallest absolute Gasteiger partial charge is 0.251 e. The van der Waals surface area contributed by atoms with Gasteiger partial charge in [-0.2, -0.15) is 0 Å². The second kappa shape index (κ2) is 25.0. The summed E-state index contributed by atoms with van der Waals surface area (Å²) in [6.07, 6.45) is 7.05. The first-order chi connectivity index (χ1) is 42.1. The molecule has 4 aromatic carbocycles. The highest BCUT2D eigenvalue weighted by Gasteiger charge is 2.31. The monoisotopic (exact) mass is 1320 g/mol. The molecule has 0 saturated carbocycles. The highest BCUT2D eigenvalue weighted by molar-refractivity contribution is 8.04. The molecule has 0 unspecified atom stereocenters. The Morgan fingerprint density at radius 1 is 0.456 bits per heavy atom. The van der Waals surface area contributed by atoms with E-state index in [1.807, 2.05) is 87.5 Å². The number of benzene rings is 4. The minimum Gasteiger partial charge on any atom is -0.352 e. The normalized spacial score (nSPS) is 13.2. The zero-order chi connectivity index (χ0) is 64.6. The van der Waals surface area contributed by atoms with E-state index >= 15 is 0 Å². The lowest BCUT2D eigenvalue weighted by atomic mass is 10.1. The Hall–Kier alpha value is -5.71. The molecule has 2 aliphatic rings. The Bertz CT molecular complexity index is 4450. The van der Waals surface area contributed by atoms with Crippen molar-refractivity contribution in [3.05, 3.63) is 72.1 Å². The van der Waals surface area contributed by atoms with Crippen molar-refractivity contribution < 1.29 is 4.79 Å². The van der Waals surface area contributed by atoms with Crippen molar-refractivity contribution in [2.24, 2.45) is 0 Å². The molecule has 7 heterocycles. The molecule has 0 fully saturated rings. The Kier molecular flexibility index (Phi) is 18.2. The molecule has 0 aliphatic carbocycles. The van der Waals surface area contributed by atoms with Crippen molar-refractivity contribution in [3.8, 4) is 45.6 Å². The van der Waals surface area contributed by atoms with Crippen LogP contribution in [0.25, 0.3) is 101 Å². The van der Waals surface area contributed by atoms with E-state index in [9.17, 15) is 4.79 Å². The summed E-state index contributed by atoms with van der Waals surface area (Å²) in [6, 6.07) is 19.0. The van der Waals surface area contributed by atoms with E-state index in [4.69, 9.17) is 39.9 Å². The minimum absolute atomic E-state index is 0.0843. The molecular formula is C69H84N14OS6. The maximum Gasteiger partial charge on any atom is 0.251 e. The van der Waals surface area contributed by atoms with Crippen molar-refractivity contribution in [1.29, 1.82) is 0 Å². The molecule has 472 valence electrons. The van der Waals surface area contributed by atoms with Crippen LogP contribution in [0.4, 0.5) is 0 Å². The molecule has 11 rings (SSSR count). The molecule has 0 spiro atoms. The van der Waals surface area contributed by atoms with Gasteiger partial charge in [0, 0.05) is 116 Å². The van der Waals surface area contributed by atoms with Gasteiger partial charge in [-0.25, -0.2) is 39.9 Å². The van der Waals surface area contributed by atoms with Gasteiger partial charge in [0.1, 0.15) is 22.3 Å². The fourth-order valence-corrected chi connectivity index (χ4v) is 17.2. The fraction of sp³-hybridized carbons (Fsp3) is 0.464. The van der Waals surface area contributed by atoms with E-state index in [-0.39, 0.29) is 34.4 Å². The molecule has 0 radical (unpaired) electrons. The number of aromatic nitrogens is 13. The first kappa shape index (κ1) is 65.8. The number of unbranched alkanes of at least 4 members (excludes halogenated alkanes) is 2. The number of thioether (sulfide) groups is 6. The quantitative estimate of drug-likeness (QED) is 0.0647. The second-order valence-electron chi connectivity index (χ2n) is 29.1. The molecule has 0 saturated heterocycles. The standard InChI is InChI=1S/C69H84N14OS6/c1-20-21-22-24-38-36-83(82-81-38)28-23-27-70-63(84)37-25-26-45-46(29-37)72-54-53(71-45)61-78-59-43-34-51(89-68(14,15)16)49(87-66(8,9)10)32-41(43)57(76-59)74-55-39-30-47(85-64(2,3)4)48(86-65(5,6)7)31-40(39)56(73-55)75-58-42-33-50(88-67(11,12)13)52(90-69(17,18)19)35-44(42)60(77-58)79-62(54)80-61/h25-26,29-36H,20-24,27-28H2,1-19H3,(H,70,84)(H2,73,74,75,76,77,78,79,80). The van der Waals surface area contributed by atoms with E-state index < -0.39 is 0 Å². The third kappa shape index (κ3) is 15.7. The largest absolute Gasteiger partial charge is 0.352 e. The number of aryl methyl sites for hydroxylation is 2. The molecular weight excluding hydrogens is 1230 g/mol. The van der Waals surface area contributed by atoms with Gasteiger partial charge >= 0.3 is 0 Å². The summed E-state index contributed by atoms with van der Waals surface area (Å²) in [5, 5.41) is 13.6. The number of hydrogen-bond donors (Lipinski definition) is 3. The second-order valence-corrected chi connectivity index (χ2v) is 40.3. The van der Waals surface area contributed by atoms with E-state index in [0.717, 1.165) is 77.6 Å². The molecule has 8 bridgehead atoms. The number of nitrogens with zero attached hydrogens (tertiary/aromatic N) is 11. The lowest BCUT2D eigenvalue weighted by Crippen LogP contribution is -2.25. The van der Waals surface area contributed by atoms with Crippen LogP contribution >= 0.6 is 70.6 Å². The summed E-state index contributed by atoms with van der Waals surface area (Å²) in [5.74, 6) is 1.76. The van der Waals surface area contributed by atoms with Crippen LogP contribution in [0.15, 0.2) is 90.2 Å². The first-order valence-corrected chi connectivity index (χ1v) is 36.0. The molecule has 5 aromatic heterocycles. The van der Waals surface area contributed by atoms with Crippen molar-refractivity contribution in [3.63, 3.8) is 0 Å². The van der Waals surface area contributed by atoms with Gasteiger partial charge in [-0.1, -0.05) is 150 Å². The molecule has 21 heteroatoms. The van der Waals surface area contributed by atoms with Crippen LogP contribution in [0.3, 0.4) is 0 Å². The van der Waals surface area contributed by atoms with Crippen LogP contribution in [-0.4, -0.2) is 106 Å². The van der Waals surface area contributed by atoms with Gasteiger partial charge in [0.2, 0.25) is 0 Å². The Morgan fingerprint density at radius 3 is 1.26 bits per heavy atom. The third-order valence-corrected chi connectivity index (χ3v) is 21.2. The third-order valence-electron chi connectivity index (χ3n) is 13.8. The SMILES string of the molecule is CCCCCc1cn(CCCNC(=O)c2ccc3nc4c5nc6nc(nc7[nH]c(nc8nc(nc([nH]5)c4nc3c2)-c2cc(SC(C)(C)C)c(SC(C)(C)C)cc2-8)c2cc(SC(C)(C)C)c(SC(C)(C)C)cc72)-c2cc(SC(C)(C)C)c(SC(C)(C)C)cc2-6)nn1. The van der Waals surface area contributed by atoms with Crippen molar-refractivity contribution in [2.75, 3.05) is 6.54 Å². The van der Waals surface area contributed by atoms with Crippen molar-refractivity contribution in [2.45, 2.75) is 228 Å². The molecule has 3 N–H and O–H groups in total. The Balaban J connectivity index is 1.18. The average molecular weight is 1320 g/mol. The Morgan fingerprint density at radius 2 is 0.844 bits per heavy atom. The molecule has 0 atom stereocenters. The summed E-state index contributed by atoms with van der Waals surface area (Å²) < 4.78 is 1.27. The van der Waals surface area contributed by atoms with Gasteiger partial charge in [-0.05, 0) is 73.9 Å². The lowest BCUT2D eigenvalue weighted by molar-refractivity contribution is 0.0952. The summed E-state index contributed by atoms with van der Waals surface area (Å²) in [7, 11) is 0. The van der Waals surface area contributed by atoms with Crippen LogP contribution in [0.1, 0.15) is 173 Å². The van der Waals surface area contributed by atoms with Gasteiger partial charge in [-0.3, -0.25) is 9.48 Å². The van der Waals surface area contributed by atoms with Crippen LogP contribution in [0.2, 0.25) is 0 Å². The predicted octanol–water partition coefficient (Wildman–Crippen LogP) is 19.3. The maximum atomic E-state index is 13.9. The maximum absolute atomic E-state index is 13.9. The van der Waals surface area contributed by atoms with Gasteiger partial charge in [0.05, 0.1) is 16.7 Å². The Labute approximate surface area is 555 Å². The molecule has 15 nitrogen and oxygen atoms in total. The van der Waals surface area contributed by atoms with E-state index in [2.05, 4.69) is 194 Å². The van der Waals surface area contributed by atoms with E-state index in [0.29, 0.717) is 93.0 Å². The van der Waals surface area contributed by atoms with Crippen LogP contribution in [0, 0.1) is 0 Å². The molecule has 2 aliphatic heterocycles. The molecule has 9 aromatic rings. The number of fused-ring (bicyclic) bond motifs is 21. The number of carbonyl (C=O) groups excluding carboxylic acids is 1. The number of hydrogen-bond acceptors (Lipinski definition) is 17. The highest BCUT2D eigenvalue weighted by Crippen LogP contribution is 2.51. The van der Waals surface area contributed by atoms with Crippen LogP contribution in [-0.2, 0) is 13.0 Å².